The van der Waals surface area contributed by atoms with Gasteiger partial charge in [0.1, 0.15) is 12.1 Å². The molecule has 0 amide bonds. The van der Waals surface area contributed by atoms with Crippen LogP contribution in [0.3, 0.4) is 0 Å². The van der Waals surface area contributed by atoms with E-state index in [-0.39, 0.29) is 0 Å². The Bertz CT molecular complexity index is 516. The van der Waals surface area contributed by atoms with Gasteiger partial charge in [0, 0.05) is 12.1 Å². The zero-order valence-corrected chi connectivity index (χ0v) is 12.0. The molecule has 4 nitrogen and oxygen atoms in total. The van der Waals surface area contributed by atoms with Gasteiger partial charge in [0.25, 0.3) is 0 Å². The summed E-state index contributed by atoms with van der Waals surface area (Å²) in [6.07, 6.45) is 3.63. The molecule has 2 rings (SSSR count). The number of aryl methyl sites for hydroxylation is 1. The number of anilines is 1. The van der Waals surface area contributed by atoms with Gasteiger partial charge in [-0.25, -0.2) is 9.97 Å². The molecule has 1 aromatic heterocycles. The van der Waals surface area contributed by atoms with E-state index in [0.29, 0.717) is 18.5 Å². The molecule has 106 valence electrons. The summed E-state index contributed by atoms with van der Waals surface area (Å²) in [6.45, 7) is 4.71. The average Bonchev–Trinajstić information content (AvgIpc) is 2.47. The molecule has 1 N–H and O–H groups in total. The number of hydrogen-bond donors (Lipinski definition) is 1. The number of benzene rings is 1. The first kappa shape index (κ1) is 14.3. The average molecular weight is 271 g/mol. The highest BCUT2D eigenvalue weighted by Gasteiger charge is 2.05. The van der Waals surface area contributed by atoms with E-state index in [1.807, 2.05) is 19.1 Å². The second kappa shape index (κ2) is 7.48. The summed E-state index contributed by atoms with van der Waals surface area (Å²) in [5.41, 5.74) is 1.36. The van der Waals surface area contributed by atoms with Crippen LogP contribution in [0.25, 0.3) is 0 Å². The van der Waals surface area contributed by atoms with Crippen LogP contribution in [0.4, 0.5) is 5.82 Å². The molecular weight excluding hydrogens is 250 g/mol. The number of rotatable bonds is 7. The minimum Gasteiger partial charge on any atom is -0.478 e. The van der Waals surface area contributed by atoms with Crippen molar-refractivity contribution in [2.24, 2.45) is 0 Å². The van der Waals surface area contributed by atoms with E-state index in [1.54, 1.807) is 0 Å². The maximum absolute atomic E-state index is 5.37. The van der Waals surface area contributed by atoms with Crippen LogP contribution in [-0.4, -0.2) is 22.6 Å². The van der Waals surface area contributed by atoms with Gasteiger partial charge in [0.2, 0.25) is 5.88 Å². The van der Waals surface area contributed by atoms with Crippen molar-refractivity contribution in [1.82, 2.24) is 9.97 Å². The minimum atomic E-state index is 0.347. The third-order valence-electron chi connectivity index (χ3n) is 3.04. The molecule has 2 aromatic rings. The third kappa shape index (κ3) is 4.53. The number of hydrogen-bond acceptors (Lipinski definition) is 4. The summed E-state index contributed by atoms with van der Waals surface area (Å²) in [7, 11) is 0. The Hall–Kier alpha value is -2.10. The zero-order valence-electron chi connectivity index (χ0n) is 12.0. The fraction of sp³-hybridized carbons (Fsp3) is 0.375. The third-order valence-corrected chi connectivity index (χ3v) is 3.04. The van der Waals surface area contributed by atoms with Crippen molar-refractivity contribution in [1.29, 1.82) is 0 Å². The van der Waals surface area contributed by atoms with E-state index in [4.69, 9.17) is 4.74 Å². The van der Waals surface area contributed by atoms with Crippen LogP contribution >= 0.6 is 0 Å². The van der Waals surface area contributed by atoms with Crippen molar-refractivity contribution in [3.8, 4) is 5.88 Å². The van der Waals surface area contributed by atoms with Gasteiger partial charge in [0.05, 0.1) is 6.61 Å². The Morgan fingerprint density at radius 2 is 2.00 bits per heavy atom. The van der Waals surface area contributed by atoms with E-state index < -0.39 is 0 Å². The maximum Gasteiger partial charge on any atom is 0.218 e. The van der Waals surface area contributed by atoms with E-state index >= 15 is 0 Å². The predicted molar refractivity (Wildman–Crippen MR) is 81.0 cm³/mol. The van der Waals surface area contributed by atoms with Gasteiger partial charge in [-0.05, 0) is 32.3 Å². The highest BCUT2D eigenvalue weighted by molar-refractivity contribution is 5.38. The molecule has 1 aromatic carbocycles. The van der Waals surface area contributed by atoms with Gasteiger partial charge in [0.15, 0.2) is 0 Å². The normalized spacial score (nSPS) is 11.9. The van der Waals surface area contributed by atoms with Crippen molar-refractivity contribution >= 4 is 5.82 Å². The molecule has 0 aliphatic rings. The first-order valence-electron chi connectivity index (χ1n) is 7.03. The van der Waals surface area contributed by atoms with Gasteiger partial charge in [-0.1, -0.05) is 30.3 Å². The van der Waals surface area contributed by atoms with Crippen LogP contribution in [0.5, 0.6) is 5.88 Å². The lowest BCUT2D eigenvalue weighted by atomic mass is 10.1. The van der Waals surface area contributed by atoms with Gasteiger partial charge in [-0.15, -0.1) is 0 Å². The fourth-order valence-corrected chi connectivity index (χ4v) is 2.00. The summed E-state index contributed by atoms with van der Waals surface area (Å²) in [4.78, 5) is 8.27. The van der Waals surface area contributed by atoms with Crippen LogP contribution in [0.15, 0.2) is 42.7 Å². The molecule has 0 bridgehead atoms. The topological polar surface area (TPSA) is 47.0 Å². The minimum absolute atomic E-state index is 0.347. The molecule has 1 atom stereocenters. The zero-order chi connectivity index (χ0) is 14.2. The second-order valence-corrected chi connectivity index (χ2v) is 4.74. The van der Waals surface area contributed by atoms with E-state index in [9.17, 15) is 0 Å². The Labute approximate surface area is 120 Å². The predicted octanol–water partition coefficient (Wildman–Crippen LogP) is 3.31. The number of aromatic nitrogens is 2. The molecule has 0 saturated heterocycles. The monoisotopic (exact) mass is 271 g/mol. The number of nitrogens with zero attached hydrogens (tertiary/aromatic N) is 2. The molecule has 0 aliphatic heterocycles. The lowest BCUT2D eigenvalue weighted by Crippen LogP contribution is -2.17. The van der Waals surface area contributed by atoms with Crippen molar-refractivity contribution in [2.45, 2.75) is 32.7 Å². The fourth-order valence-electron chi connectivity index (χ4n) is 2.00. The van der Waals surface area contributed by atoms with Gasteiger partial charge in [-0.3, -0.25) is 0 Å². The molecule has 1 unspecified atom stereocenters. The Morgan fingerprint density at radius 1 is 1.20 bits per heavy atom. The van der Waals surface area contributed by atoms with E-state index in [0.717, 1.165) is 18.7 Å². The Kier molecular flexibility index (Phi) is 5.35. The van der Waals surface area contributed by atoms with Crippen molar-refractivity contribution in [3.63, 3.8) is 0 Å². The number of nitrogens with one attached hydrogen (secondary N) is 1. The molecule has 0 saturated carbocycles. The second-order valence-electron chi connectivity index (χ2n) is 4.74. The molecule has 0 radical (unpaired) electrons. The van der Waals surface area contributed by atoms with Crippen LogP contribution in [0.1, 0.15) is 25.8 Å². The van der Waals surface area contributed by atoms with Gasteiger partial charge < -0.3 is 10.1 Å². The Morgan fingerprint density at radius 3 is 2.75 bits per heavy atom. The summed E-state index contributed by atoms with van der Waals surface area (Å²) in [6, 6.07) is 12.7. The van der Waals surface area contributed by atoms with Gasteiger partial charge in [-0.2, -0.15) is 0 Å². The molecular formula is C16H21N3O. The molecule has 0 fully saturated rings. The molecule has 0 spiro atoms. The van der Waals surface area contributed by atoms with Gasteiger partial charge >= 0.3 is 0 Å². The highest BCUT2D eigenvalue weighted by Crippen LogP contribution is 2.13. The Balaban J connectivity index is 1.84. The summed E-state index contributed by atoms with van der Waals surface area (Å²) in [5, 5.41) is 3.38. The van der Waals surface area contributed by atoms with Crippen LogP contribution < -0.4 is 10.1 Å². The first-order chi connectivity index (χ1) is 9.78. The smallest absolute Gasteiger partial charge is 0.218 e. The SMILES string of the molecule is CCOc1cc(NC(C)CCc2ccccc2)ncn1. The summed E-state index contributed by atoms with van der Waals surface area (Å²) < 4.78 is 5.37. The number of ether oxygens (including phenoxy) is 1. The largest absolute Gasteiger partial charge is 0.478 e. The van der Waals surface area contributed by atoms with Crippen LogP contribution in [-0.2, 0) is 6.42 Å². The van der Waals surface area contributed by atoms with Crippen LogP contribution in [0.2, 0.25) is 0 Å². The van der Waals surface area contributed by atoms with Crippen molar-refractivity contribution < 1.29 is 4.74 Å². The van der Waals surface area contributed by atoms with Crippen LogP contribution in [0, 0.1) is 0 Å². The van der Waals surface area contributed by atoms with Crippen molar-refractivity contribution in [3.05, 3.63) is 48.3 Å². The maximum atomic E-state index is 5.37. The lowest BCUT2D eigenvalue weighted by molar-refractivity contribution is 0.326. The summed E-state index contributed by atoms with van der Waals surface area (Å²) >= 11 is 0. The molecule has 1 heterocycles. The highest BCUT2D eigenvalue weighted by atomic mass is 16.5. The molecule has 20 heavy (non-hydrogen) atoms. The molecule has 4 heteroatoms. The summed E-state index contributed by atoms with van der Waals surface area (Å²) in [5.74, 6) is 1.42. The molecule has 0 aliphatic carbocycles. The lowest BCUT2D eigenvalue weighted by Gasteiger charge is -2.14. The van der Waals surface area contributed by atoms with E-state index in [2.05, 4.69) is 46.5 Å². The quantitative estimate of drug-likeness (QED) is 0.839. The standard InChI is InChI=1S/C16H21N3O/c1-3-20-16-11-15(17-12-18-16)19-13(2)9-10-14-7-5-4-6-8-14/h4-8,11-13H,3,9-10H2,1-2H3,(H,17,18,19). The first-order valence-corrected chi connectivity index (χ1v) is 7.03. The van der Waals surface area contributed by atoms with Crippen molar-refractivity contribution in [2.75, 3.05) is 11.9 Å². The van der Waals surface area contributed by atoms with E-state index in [1.165, 1.54) is 11.9 Å².